The smallest absolute Gasteiger partial charge is 0.224 e. The Morgan fingerprint density at radius 3 is 3.04 bits per heavy atom. The van der Waals surface area contributed by atoms with Gasteiger partial charge >= 0.3 is 0 Å². The molecule has 126 valence electrons. The molecule has 4 rings (SSSR count). The largest absolute Gasteiger partial charge is 0.493 e. The Hall–Kier alpha value is -2.30. The highest BCUT2D eigenvalue weighted by molar-refractivity contribution is 5.52. The number of aryl methyl sites for hydroxylation is 1. The number of hydrogen-bond donors (Lipinski definition) is 2. The normalized spacial score (nSPS) is 19.0. The molecule has 0 radical (unpaired) electrons. The molecule has 0 saturated heterocycles. The number of para-hydroxylation sites is 1. The average molecular weight is 324 g/mol. The molecule has 0 bridgehead atoms. The number of nitrogens with zero attached hydrogens (tertiary/aromatic N) is 2. The van der Waals surface area contributed by atoms with Gasteiger partial charge in [0.15, 0.2) is 0 Å². The molecule has 1 aromatic heterocycles. The summed E-state index contributed by atoms with van der Waals surface area (Å²) in [7, 11) is 1.93. The molecule has 0 saturated carbocycles. The highest BCUT2D eigenvalue weighted by Crippen LogP contribution is 2.28. The van der Waals surface area contributed by atoms with E-state index in [0.717, 1.165) is 56.4 Å². The standard InChI is InChI=1S/C19H24N4O/c1-20-18-15-6-4-7-16(15)22-19(23-18)21-12-13-9-10-24-17-8-3-2-5-14(17)11-13/h2-3,5,8,13H,4,6-7,9-12H2,1H3,(H2,20,21,22,23)/t13-/m1/s1. The molecule has 2 heterocycles. The number of aromatic nitrogens is 2. The van der Waals surface area contributed by atoms with Crippen LogP contribution >= 0.6 is 0 Å². The van der Waals surface area contributed by atoms with Crippen LogP contribution in [0.25, 0.3) is 0 Å². The van der Waals surface area contributed by atoms with E-state index in [-0.39, 0.29) is 0 Å². The molecular formula is C19H24N4O. The molecule has 5 nitrogen and oxygen atoms in total. The van der Waals surface area contributed by atoms with Gasteiger partial charge in [0.05, 0.1) is 12.3 Å². The van der Waals surface area contributed by atoms with Crippen LogP contribution in [-0.4, -0.2) is 30.2 Å². The lowest BCUT2D eigenvalue weighted by atomic mass is 9.97. The van der Waals surface area contributed by atoms with Crippen LogP contribution in [0.3, 0.4) is 0 Å². The van der Waals surface area contributed by atoms with Gasteiger partial charge in [0.2, 0.25) is 5.95 Å². The lowest BCUT2D eigenvalue weighted by Gasteiger charge is -2.16. The van der Waals surface area contributed by atoms with E-state index < -0.39 is 0 Å². The summed E-state index contributed by atoms with van der Waals surface area (Å²) in [5, 5.41) is 6.68. The molecule has 2 aliphatic rings. The zero-order chi connectivity index (χ0) is 16.4. The molecule has 1 aliphatic carbocycles. The Kier molecular flexibility index (Phi) is 4.24. The fourth-order valence-electron chi connectivity index (χ4n) is 3.69. The highest BCUT2D eigenvalue weighted by atomic mass is 16.5. The summed E-state index contributed by atoms with van der Waals surface area (Å²) < 4.78 is 5.86. The monoisotopic (exact) mass is 324 g/mol. The number of anilines is 2. The van der Waals surface area contributed by atoms with Crippen LogP contribution in [0.5, 0.6) is 5.75 Å². The highest BCUT2D eigenvalue weighted by Gasteiger charge is 2.20. The van der Waals surface area contributed by atoms with Gasteiger partial charge in [-0.25, -0.2) is 4.98 Å². The van der Waals surface area contributed by atoms with Gasteiger partial charge in [-0.15, -0.1) is 0 Å². The Morgan fingerprint density at radius 1 is 1.21 bits per heavy atom. The molecule has 2 aromatic rings. The average Bonchev–Trinajstić information content (AvgIpc) is 2.98. The second kappa shape index (κ2) is 6.67. The summed E-state index contributed by atoms with van der Waals surface area (Å²) in [5.41, 5.74) is 3.79. The third kappa shape index (κ3) is 3.03. The second-order valence-electron chi connectivity index (χ2n) is 6.62. The maximum Gasteiger partial charge on any atom is 0.224 e. The summed E-state index contributed by atoms with van der Waals surface area (Å²) in [4.78, 5) is 9.37. The van der Waals surface area contributed by atoms with Crippen LogP contribution in [0.4, 0.5) is 11.8 Å². The number of ether oxygens (including phenoxy) is 1. The zero-order valence-electron chi connectivity index (χ0n) is 14.1. The van der Waals surface area contributed by atoms with E-state index in [4.69, 9.17) is 9.72 Å². The Morgan fingerprint density at radius 2 is 2.12 bits per heavy atom. The van der Waals surface area contributed by atoms with E-state index in [2.05, 4.69) is 33.8 Å². The predicted octanol–water partition coefficient (Wildman–Crippen LogP) is 3.06. The molecule has 0 amide bonds. The first kappa shape index (κ1) is 15.2. The maximum atomic E-state index is 5.86. The van der Waals surface area contributed by atoms with Crippen LogP contribution in [0.15, 0.2) is 24.3 Å². The topological polar surface area (TPSA) is 59.1 Å². The van der Waals surface area contributed by atoms with E-state index in [9.17, 15) is 0 Å². The molecular weight excluding hydrogens is 300 g/mol. The van der Waals surface area contributed by atoms with E-state index in [1.165, 1.54) is 23.2 Å². The summed E-state index contributed by atoms with van der Waals surface area (Å²) in [6.07, 6.45) is 5.41. The van der Waals surface area contributed by atoms with E-state index in [0.29, 0.717) is 5.92 Å². The van der Waals surface area contributed by atoms with Gasteiger partial charge < -0.3 is 15.4 Å². The quantitative estimate of drug-likeness (QED) is 0.905. The first-order chi connectivity index (χ1) is 11.8. The summed E-state index contributed by atoms with van der Waals surface area (Å²) in [6, 6.07) is 8.35. The minimum atomic E-state index is 0.531. The van der Waals surface area contributed by atoms with E-state index >= 15 is 0 Å². The summed E-state index contributed by atoms with van der Waals surface area (Å²) >= 11 is 0. The fraction of sp³-hybridized carbons (Fsp3) is 0.474. The second-order valence-corrected chi connectivity index (χ2v) is 6.62. The van der Waals surface area contributed by atoms with Crippen molar-refractivity contribution in [3.63, 3.8) is 0 Å². The maximum absolute atomic E-state index is 5.86. The third-order valence-electron chi connectivity index (χ3n) is 4.98. The van der Waals surface area contributed by atoms with E-state index in [1.807, 2.05) is 13.1 Å². The van der Waals surface area contributed by atoms with Gasteiger partial charge in [-0.1, -0.05) is 18.2 Å². The third-order valence-corrected chi connectivity index (χ3v) is 4.98. The van der Waals surface area contributed by atoms with Gasteiger partial charge in [0.25, 0.3) is 0 Å². The number of fused-ring (bicyclic) bond motifs is 2. The molecule has 1 atom stereocenters. The zero-order valence-corrected chi connectivity index (χ0v) is 14.1. The van der Waals surface area contributed by atoms with E-state index in [1.54, 1.807) is 0 Å². The summed E-state index contributed by atoms with van der Waals surface area (Å²) in [6.45, 7) is 1.65. The number of nitrogens with one attached hydrogen (secondary N) is 2. The predicted molar refractivity (Wildman–Crippen MR) is 95.8 cm³/mol. The Labute approximate surface area is 142 Å². The van der Waals surface area contributed by atoms with Crippen LogP contribution in [0.1, 0.15) is 29.7 Å². The van der Waals surface area contributed by atoms with Crippen molar-refractivity contribution in [1.29, 1.82) is 0 Å². The number of hydrogen-bond acceptors (Lipinski definition) is 5. The Bertz CT molecular complexity index is 731. The Balaban J connectivity index is 1.46. The molecule has 1 aliphatic heterocycles. The van der Waals surface area contributed by atoms with Crippen molar-refractivity contribution >= 4 is 11.8 Å². The van der Waals surface area contributed by atoms with Crippen molar-refractivity contribution < 1.29 is 4.74 Å². The van der Waals surface area contributed by atoms with Gasteiger partial charge in [0.1, 0.15) is 11.6 Å². The van der Waals surface area contributed by atoms with Crippen LogP contribution in [0.2, 0.25) is 0 Å². The number of benzene rings is 1. The van der Waals surface area contributed by atoms with Gasteiger partial charge in [-0.05, 0) is 49.7 Å². The molecule has 24 heavy (non-hydrogen) atoms. The van der Waals surface area contributed by atoms with Crippen molar-refractivity contribution in [3.8, 4) is 5.75 Å². The van der Waals surface area contributed by atoms with Crippen molar-refractivity contribution in [1.82, 2.24) is 9.97 Å². The first-order valence-corrected chi connectivity index (χ1v) is 8.85. The van der Waals surface area contributed by atoms with Crippen LogP contribution < -0.4 is 15.4 Å². The lowest BCUT2D eigenvalue weighted by Crippen LogP contribution is -2.19. The van der Waals surface area contributed by atoms with Gasteiger partial charge in [-0.2, -0.15) is 4.98 Å². The first-order valence-electron chi connectivity index (χ1n) is 8.85. The minimum Gasteiger partial charge on any atom is -0.493 e. The SMILES string of the molecule is CNc1nc(NC[C@@H]2CCOc3ccccc3C2)nc2c1CCC2. The molecule has 5 heteroatoms. The van der Waals surface area contributed by atoms with Crippen molar-refractivity contribution in [2.24, 2.45) is 5.92 Å². The minimum absolute atomic E-state index is 0.531. The van der Waals surface area contributed by atoms with Crippen molar-refractivity contribution in [3.05, 3.63) is 41.1 Å². The lowest BCUT2D eigenvalue weighted by molar-refractivity contribution is 0.298. The molecule has 0 fully saturated rings. The van der Waals surface area contributed by atoms with Gasteiger partial charge in [-0.3, -0.25) is 0 Å². The van der Waals surface area contributed by atoms with Crippen molar-refractivity contribution in [2.75, 3.05) is 30.8 Å². The molecule has 0 spiro atoms. The molecule has 1 aromatic carbocycles. The molecule has 0 unspecified atom stereocenters. The van der Waals surface area contributed by atoms with Gasteiger partial charge in [0, 0.05) is 19.2 Å². The molecule has 2 N–H and O–H groups in total. The van der Waals surface area contributed by atoms with Crippen LogP contribution in [0, 0.1) is 5.92 Å². The fourth-order valence-corrected chi connectivity index (χ4v) is 3.69. The number of rotatable bonds is 4. The van der Waals surface area contributed by atoms with Crippen LogP contribution in [-0.2, 0) is 19.3 Å². The van der Waals surface area contributed by atoms with Crippen molar-refractivity contribution in [2.45, 2.75) is 32.1 Å². The summed E-state index contributed by atoms with van der Waals surface area (Å²) in [5.74, 6) is 3.29.